The number of halogens is 2. The Balaban J connectivity index is 2.28. The molecule has 0 saturated carbocycles. The molecule has 1 nitrogen and oxygen atoms in total. The molecule has 76 valence electrons. The fourth-order valence-corrected chi connectivity index (χ4v) is 1.58. The summed E-state index contributed by atoms with van der Waals surface area (Å²) in [6.45, 7) is 1.24. The zero-order chi connectivity index (χ0) is 10.2. The van der Waals surface area contributed by atoms with E-state index < -0.39 is 0 Å². The Kier molecular flexibility index (Phi) is 5.92. The van der Waals surface area contributed by atoms with Crippen molar-refractivity contribution in [2.45, 2.75) is 6.61 Å². The van der Waals surface area contributed by atoms with Crippen molar-refractivity contribution in [2.24, 2.45) is 0 Å². The van der Waals surface area contributed by atoms with Gasteiger partial charge < -0.3 is 4.74 Å². The van der Waals surface area contributed by atoms with Crippen molar-refractivity contribution >= 4 is 27.5 Å². The highest BCUT2D eigenvalue weighted by molar-refractivity contribution is 9.10. The van der Waals surface area contributed by atoms with Crippen LogP contribution in [0.1, 0.15) is 5.56 Å². The molecule has 14 heavy (non-hydrogen) atoms. The molecule has 0 atom stereocenters. The quantitative estimate of drug-likeness (QED) is 0.452. The number of allylic oxidation sites excluding steroid dienone is 1. The van der Waals surface area contributed by atoms with Gasteiger partial charge in [0.2, 0.25) is 0 Å². The fourth-order valence-electron chi connectivity index (χ4n) is 1.00. The van der Waals surface area contributed by atoms with Gasteiger partial charge in [-0.05, 0) is 17.7 Å². The molecule has 0 spiro atoms. The van der Waals surface area contributed by atoms with E-state index in [1.807, 2.05) is 36.4 Å². The van der Waals surface area contributed by atoms with Crippen LogP contribution in [-0.2, 0) is 11.3 Å². The molecule has 0 unspecified atom stereocenters. The zero-order valence-electron chi connectivity index (χ0n) is 7.75. The van der Waals surface area contributed by atoms with Crippen molar-refractivity contribution in [3.63, 3.8) is 0 Å². The van der Waals surface area contributed by atoms with Crippen LogP contribution in [0.2, 0.25) is 0 Å². The number of hydrogen-bond acceptors (Lipinski definition) is 1. The van der Waals surface area contributed by atoms with Crippen LogP contribution in [0.4, 0.5) is 0 Å². The molecule has 0 N–H and O–H groups in total. The SMILES string of the molecule is ClC/C=C/COCc1cccc(Br)c1. The maximum atomic E-state index is 5.47. The number of rotatable bonds is 5. The summed E-state index contributed by atoms with van der Waals surface area (Å²) in [5.74, 6) is 0.542. The van der Waals surface area contributed by atoms with Crippen LogP contribution in [0.25, 0.3) is 0 Å². The molecule has 0 saturated heterocycles. The Morgan fingerprint density at radius 3 is 2.93 bits per heavy atom. The topological polar surface area (TPSA) is 9.23 Å². The standard InChI is InChI=1S/C11H12BrClO/c12-11-5-3-4-10(8-11)9-14-7-2-1-6-13/h1-5,8H,6-7,9H2/b2-1+. The predicted molar refractivity (Wildman–Crippen MR) is 63.7 cm³/mol. The molecule has 0 aliphatic carbocycles. The average Bonchev–Trinajstić information content (AvgIpc) is 2.18. The van der Waals surface area contributed by atoms with Gasteiger partial charge in [0.15, 0.2) is 0 Å². The van der Waals surface area contributed by atoms with Crippen LogP contribution in [0, 0.1) is 0 Å². The van der Waals surface area contributed by atoms with E-state index in [0.29, 0.717) is 19.1 Å². The van der Waals surface area contributed by atoms with Crippen molar-refractivity contribution in [1.29, 1.82) is 0 Å². The van der Waals surface area contributed by atoms with Crippen LogP contribution in [0.15, 0.2) is 40.9 Å². The molecule has 0 bridgehead atoms. The Morgan fingerprint density at radius 1 is 1.36 bits per heavy atom. The second-order valence-corrected chi connectivity index (χ2v) is 4.00. The fraction of sp³-hybridized carbons (Fsp3) is 0.273. The maximum Gasteiger partial charge on any atom is 0.0721 e. The van der Waals surface area contributed by atoms with E-state index in [1.165, 1.54) is 5.56 Å². The van der Waals surface area contributed by atoms with Gasteiger partial charge in [-0.1, -0.05) is 40.2 Å². The average molecular weight is 276 g/mol. The smallest absolute Gasteiger partial charge is 0.0721 e. The van der Waals surface area contributed by atoms with E-state index in [1.54, 1.807) is 0 Å². The number of alkyl halides is 1. The van der Waals surface area contributed by atoms with Gasteiger partial charge in [-0.3, -0.25) is 0 Å². The van der Waals surface area contributed by atoms with Gasteiger partial charge in [0.1, 0.15) is 0 Å². The minimum Gasteiger partial charge on any atom is -0.373 e. The first-order valence-electron chi connectivity index (χ1n) is 4.36. The Hall–Kier alpha value is -0.310. The maximum absolute atomic E-state index is 5.47. The van der Waals surface area contributed by atoms with Gasteiger partial charge in [-0.25, -0.2) is 0 Å². The Bertz CT molecular complexity index is 299. The second-order valence-electron chi connectivity index (χ2n) is 2.77. The third kappa shape index (κ3) is 4.80. The van der Waals surface area contributed by atoms with E-state index >= 15 is 0 Å². The van der Waals surface area contributed by atoms with Crippen LogP contribution < -0.4 is 0 Å². The van der Waals surface area contributed by atoms with E-state index in [2.05, 4.69) is 15.9 Å². The Labute approximate surface area is 97.9 Å². The van der Waals surface area contributed by atoms with E-state index in [4.69, 9.17) is 16.3 Å². The third-order valence-corrected chi connectivity index (χ3v) is 2.30. The second kappa shape index (κ2) is 7.04. The predicted octanol–water partition coefficient (Wildman–Crippen LogP) is 3.76. The van der Waals surface area contributed by atoms with Crippen LogP contribution >= 0.6 is 27.5 Å². The molecule has 0 radical (unpaired) electrons. The van der Waals surface area contributed by atoms with Gasteiger partial charge in [-0.2, -0.15) is 0 Å². The molecule has 0 heterocycles. The summed E-state index contributed by atoms with van der Waals surface area (Å²) in [5, 5.41) is 0. The van der Waals surface area contributed by atoms with Gasteiger partial charge in [-0.15, -0.1) is 11.6 Å². The van der Waals surface area contributed by atoms with Crippen molar-refractivity contribution in [3.8, 4) is 0 Å². The zero-order valence-corrected chi connectivity index (χ0v) is 10.1. The largest absolute Gasteiger partial charge is 0.373 e. The lowest BCUT2D eigenvalue weighted by atomic mass is 10.2. The van der Waals surface area contributed by atoms with E-state index in [-0.39, 0.29) is 0 Å². The monoisotopic (exact) mass is 274 g/mol. The first-order valence-corrected chi connectivity index (χ1v) is 5.69. The first kappa shape index (κ1) is 11.8. The highest BCUT2D eigenvalue weighted by atomic mass is 79.9. The number of hydrogen-bond donors (Lipinski definition) is 0. The van der Waals surface area contributed by atoms with Gasteiger partial charge >= 0.3 is 0 Å². The lowest BCUT2D eigenvalue weighted by Gasteiger charge is -2.01. The van der Waals surface area contributed by atoms with Crippen LogP contribution in [-0.4, -0.2) is 12.5 Å². The first-order chi connectivity index (χ1) is 6.83. The lowest BCUT2D eigenvalue weighted by Crippen LogP contribution is -1.92. The molecule has 3 heteroatoms. The minimum absolute atomic E-state index is 0.542. The lowest BCUT2D eigenvalue weighted by molar-refractivity contribution is 0.148. The van der Waals surface area contributed by atoms with Gasteiger partial charge in [0.05, 0.1) is 13.2 Å². The summed E-state index contributed by atoms with van der Waals surface area (Å²) >= 11 is 8.88. The molecule has 1 rings (SSSR count). The summed E-state index contributed by atoms with van der Waals surface area (Å²) in [7, 11) is 0. The highest BCUT2D eigenvalue weighted by Gasteiger charge is 1.92. The molecule has 0 aromatic heterocycles. The number of ether oxygens (including phenoxy) is 1. The number of benzene rings is 1. The van der Waals surface area contributed by atoms with Crippen LogP contribution in [0.5, 0.6) is 0 Å². The summed E-state index contributed by atoms with van der Waals surface area (Å²) in [4.78, 5) is 0. The summed E-state index contributed by atoms with van der Waals surface area (Å²) in [6, 6.07) is 8.08. The van der Waals surface area contributed by atoms with Crippen molar-refractivity contribution in [1.82, 2.24) is 0 Å². The molecule has 1 aromatic carbocycles. The summed E-state index contributed by atoms with van der Waals surface area (Å²) < 4.78 is 6.49. The van der Waals surface area contributed by atoms with E-state index in [0.717, 1.165) is 4.47 Å². The molecule has 1 aromatic rings. The molecule has 0 fully saturated rings. The molecule has 0 aliphatic rings. The normalized spacial score (nSPS) is 11.0. The highest BCUT2D eigenvalue weighted by Crippen LogP contribution is 2.12. The molecule has 0 amide bonds. The third-order valence-electron chi connectivity index (χ3n) is 1.63. The molecular weight excluding hydrogens is 263 g/mol. The van der Waals surface area contributed by atoms with Crippen molar-refractivity contribution in [2.75, 3.05) is 12.5 Å². The minimum atomic E-state index is 0.542. The van der Waals surface area contributed by atoms with Crippen molar-refractivity contribution in [3.05, 3.63) is 46.5 Å². The van der Waals surface area contributed by atoms with Crippen molar-refractivity contribution < 1.29 is 4.74 Å². The molecule has 0 aliphatic heterocycles. The summed E-state index contributed by atoms with van der Waals surface area (Å²) in [6.07, 6.45) is 3.80. The Morgan fingerprint density at radius 2 is 2.21 bits per heavy atom. The van der Waals surface area contributed by atoms with E-state index in [9.17, 15) is 0 Å². The summed E-state index contributed by atoms with van der Waals surface area (Å²) in [5.41, 5.74) is 1.17. The molecular formula is C11H12BrClO. The van der Waals surface area contributed by atoms with Crippen LogP contribution in [0.3, 0.4) is 0 Å². The van der Waals surface area contributed by atoms with Gasteiger partial charge in [0, 0.05) is 10.4 Å². The van der Waals surface area contributed by atoms with Gasteiger partial charge in [0.25, 0.3) is 0 Å².